The van der Waals surface area contributed by atoms with Crippen LogP contribution in [0.15, 0.2) is 24.3 Å². The van der Waals surface area contributed by atoms with Gasteiger partial charge in [-0.15, -0.1) is 12.4 Å². The van der Waals surface area contributed by atoms with Gasteiger partial charge in [0.25, 0.3) is 0 Å². The first-order valence-corrected chi connectivity index (χ1v) is 6.93. The second kappa shape index (κ2) is 7.43. The van der Waals surface area contributed by atoms with Gasteiger partial charge in [-0.2, -0.15) is 0 Å². The van der Waals surface area contributed by atoms with Crippen molar-refractivity contribution < 1.29 is 9.59 Å². The predicted molar refractivity (Wildman–Crippen MR) is 85.2 cm³/mol. The van der Waals surface area contributed by atoms with Crippen LogP contribution in [0.4, 0.5) is 5.69 Å². The molecule has 0 aromatic heterocycles. The van der Waals surface area contributed by atoms with Crippen molar-refractivity contribution in [2.75, 3.05) is 5.32 Å². The monoisotopic (exact) mass is 311 g/mol. The molecule has 1 aliphatic rings. The Morgan fingerprint density at radius 2 is 1.76 bits per heavy atom. The van der Waals surface area contributed by atoms with Gasteiger partial charge in [-0.05, 0) is 30.5 Å². The predicted octanol–water partition coefficient (Wildman–Crippen LogP) is 1.95. The van der Waals surface area contributed by atoms with Gasteiger partial charge in [-0.3, -0.25) is 9.59 Å². The van der Waals surface area contributed by atoms with E-state index in [1.807, 2.05) is 24.3 Å². The van der Waals surface area contributed by atoms with Crippen LogP contribution in [-0.4, -0.2) is 17.4 Å². The van der Waals surface area contributed by atoms with Crippen LogP contribution in [0, 0.1) is 0 Å². The Morgan fingerprint density at radius 3 is 2.29 bits per heavy atom. The fraction of sp³-hybridized carbons (Fsp3) is 0.467. The summed E-state index contributed by atoms with van der Waals surface area (Å²) in [7, 11) is 0. The summed E-state index contributed by atoms with van der Waals surface area (Å²) < 4.78 is 0. The Labute approximate surface area is 131 Å². The lowest BCUT2D eigenvalue weighted by Gasteiger charge is -2.22. The summed E-state index contributed by atoms with van der Waals surface area (Å²) in [5, 5.41) is 5.59. The molecule has 1 aliphatic carbocycles. The van der Waals surface area contributed by atoms with Crippen molar-refractivity contribution in [1.29, 1.82) is 0 Å². The fourth-order valence-corrected chi connectivity index (χ4v) is 2.50. The van der Waals surface area contributed by atoms with Crippen LogP contribution < -0.4 is 16.4 Å². The van der Waals surface area contributed by atoms with Gasteiger partial charge in [0.05, 0.1) is 5.54 Å². The molecular formula is C15H22ClN3O2. The molecule has 6 heteroatoms. The lowest BCUT2D eigenvalue weighted by molar-refractivity contribution is -0.126. The summed E-state index contributed by atoms with van der Waals surface area (Å²) in [6, 6.07) is 7.39. The molecule has 2 amide bonds. The highest BCUT2D eigenvalue weighted by Crippen LogP contribution is 2.27. The van der Waals surface area contributed by atoms with Crippen LogP contribution in [0.2, 0.25) is 0 Å². The molecule has 1 aromatic rings. The lowest BCUT2D eigenvalue weighted by atomic mass is 9.98. The fourth-order valence-electron chi connectivity index (χ4n) is 2.50. The van der Waals surface area contributed by atoms with Crippen LogP contribution in [0.25, 0.3) is 0 Å². The molecule has 0 bridgehead atoms. The van der Waals surface area contributed by atoms with Crippen molar-refractivity contribution in [3.05, 3.63) is 29.8 Å². The highest BCUT2D eigenvalue weighted by molar-refractivity contribution is 5.88. The number of carbonyl (C=O) groups excluding carboxylic acids is 2. The summed E-state index contributed by atoms with van der Waals surface area (Å²) in [5.41, 5.74) is 7.13. The van der Waals surface area contributed by atoms with Crippen LogP contribution >= 0.6 is 12.4 Å². The second-order valence-corrected chi connectivity index (χ2v) is 5.42. The van der Waals surface area contributed by atoms with Gasteiger partial charge >= 0.3 is 0 Å². The second-order valence-electron chi connectivity index (χ2n) is 5.42. The van der Waals surface area contributed by atoms with E-state index in [9.17, 15) is 9.59 Å². The van der Waals surface area contributed by atoms with Crippen molar-refractivity contribution in [3.63, 3.8) is 0 Å². The molecule has 1 fully saturated rings. The molecule has 0 unspecified atom stereocenters. The number of halogens is 1. The standard InChI is InChI=1S/C15H21N3O2.ClH/c1-11(19)18-13-6-4-12(5-7-13)10-17-14(20)15(16)8-2-3-9-15;/h4-7H,2-3,8-10,16H2,1H3,(H,17,20)(H,18,19);1H. The number of rotatable bonds is 4. The topological polar surface area (TPSA) is 84.2 Å². The molecule has 21 heavy (non-hydrogen) atoms. The summed E-state index contributed by atoms with van der Waals surface area (Å²) in [4.78, 5) is 23.0. The van der Waals surface area contributed by atoms with Crippen LogP contribution in [-0.2, 0) is 16.1 Å². The zero-order valence-electron chi connectivity index (χ0n) is 12.1. The van der Waals surface area contributed by atoms with Crippen molar-refractivity contribution in [2.45, 2.75) is 44.7 Å². The number of benzene rings is 1. The third kappa shape index (κ3) is 4.72. The number of nitrogens with one attached hydrogen (secondary N) is 2. The first-order valence-electron chi connectivity index (χ1n) is 6.93. The Hall–Kier alpha value is -1.59. The van der Waals surface area contributed by atoms with Gasteiger partial charge in [0.1, 0.15) is 0 Å². The summed E-state index contributed by atoms with van der Waals surface area (Å²) in [5.74, 6) is -0.168. The number of hydrogen-bond donors (Lipinski definition) is 3. The SMILES string of the molecule is CC(=O)Nc1ccc(CNC(=O)C2(N)CCCC2)cc1.Cl. The molecule has 0 aliphatic heterocycles. The highest BCUT2D eigenvalue weighted by atomic mass is 35.5. The summed E-state index contributed by atoms with van der Waals surface area (Å²) in [6.45, 7) is 1.93. The molecule has 2 rings (SSSR count). The lowest BCUT2D eigenvalue weighted by Crippen LogP contribution is -2.51. The van der Waals surface area contributed by atoms with E-state index in [1.54, 1.807) is 0 Å². The van der Waals surface area contributed by atoms with Crippen LogP contribution in [0.1, 0.15) is 38.2 Å². The molecule has 0 saturated heterocycles. The number of carbonyl (C=O) groups is 2. The smallest absolute Gasteiger partial charge is 0.240 e. The Morgan fingerprint density at radius 1 is 1.19 bits per heavy atom. The van der Waals surface area contributed by atoms with E-state index in [0.29, 0.717) is 6.54 Å². The van der Waals surface area contributed by atoms with Gasteiger partial charge in [0.15, 0.2) is 0 Å². The van der Waals surface area contributed by atoms with E-state index in [0.717, 1.165) is 36.9 Å². The van der Waals surface area contributed by atoms with Gasteiger partial charge < -0.3 is 16.4 Å². The first-order chi connectivity index (χ1) is 9.49. The van der Waals surface area contributed by atoms with Crippen molar-refractivity contribution in [1.82, 2.24) is 5.32 Å². The molecule has 0 spiro atoms. The third-order valence-electron chi connectivity index (χ3n) is 3.68. The maximum Gasteiger partial charge on any atom is 0.240 e. The zero-order chi connectivity index (χ0) is 14.6. The minimum Gasteiger partial charge on any atom is -0.350 e. The largest absolute Gasteiger partial charge is 0.350 e. The number of hydrogen-bond acceptors (Lipinski definition) is 3. The summed E-state index contributed by atoms with van der Waals surface area (Å²) >= 11 is 0. The van der Waals surface area contributed by atoms with E-state index in [-0.39, 0.29) is 24.2 Å². The van der Waals surface area contributed by atoms with Crippen LogP contribution in [0.5, 0.6) is 0 Å². The minimum atomic E-state index is -0.684. The van der Waals surface area contributed by atoms with E-state index in [2.05, 4.69) is 10.6 Å². The number of amides is 2. The quantitative estimate of drug-likeness (QED) is 0.794. The van der Waals surface area contributed by atoms with E-state index < -0.39 is 5.54 Å². The van der Waals surface area contributed by atoms with E-state index >= 15 is 0 Å². The summed E-state index contributed by atoms with van der Waals surface area (Å²) in [6.07, 6.45) is 3.57. The van der Waals surface area contributed by atoms with Crippen molar-refractivity contribution >= 4 is 29.9 Å². The average Bonchev–Trinajstić information content (AvgIpc) is 2.85. The first kappa shape index (κ1) is 17.5. The molecule has 0 atom stereocenters. The number of anilines is 1. The molecule has 116 valence electrons. The van der Waals surface area contributed by atoms with Gasteiger partial charge in [0.2, 0.25) is 11.8 Å². The zero-order valence-corrected chi connectivity index (χ0v) is 13.0. The maximum absolute atomic E-state index is 12.1. The van der Waals surface area contributed by atoms with Gasteiger partial charge in [-0.1, -0.05) is 25.0 Å². The van der Waals surface area contributed by atoms with E-state index in [4.69, 9.17) is 5.73 Å². The molecule has 5 nitrogen and oxygen atoms in total. The molecule has 1 saturated carbocycles. The molecule has 1 aromatic carbocycles. The Bertz CT molecular complexity index is 496. The normalized spacial score (nSPS) is 15.9. The van der Waals surface area contributed by atoms with Crippen molar-refractivity contribution in [2.24, 2.45) is 5.73 Å². The minimum absolute atomic E-state index is 0. The number of nitrogens with two attached hydrogens (primary N) is 1. The molecule has 0 heterocycles. The Kier molecular flexibility index (Phi) is 6.18. The average molecular weight is 312 g/mol. The Balaban J connectivity index is 0.00000220. The molecule has 4 N–H and O–H groups in total. The third-order valence-corrected chi connectivity index (χ3v) is 3.68. The van der Waals surface area contributed by atoms with Gasteiger partial charge in [-0.25, -0.2) is 0 Å². The molecular weight excluding hydrogens is 290 g/mol. The van der Waals surface area contributed by atoms with Crippen molar-refractivity contribution in [3.8, 4) is 0 Å². The van der Waals surface area contributed by atoms with Gasteiger partial charge in [0, 0.05) is 19.2 Å². The highest BCUT2D eigenvalue weighted by Gasteiger charge is 2.36. The van der Waals surface area contributed by atoms with E-state index in [1.165, 1.54) is 6.92 Å². The molecule has 0 radical (unpaired) electrons. The maximum atomic E-state index is 12.1. The van der Waals surface area contributed by atoms with Crippen LogP contribution in [0.3, 0.4) is 0 Å².